The van der Waals surface area contributed by atoms with E-state index in [9.17, 15) is 13.2 Å². The van der Waals surface area contributed by atoms with E-state index in [1.54, 1.807) is 25.1 Å². The summed E-state index contributed by atoms with van der Waals surface area (Å²) in [6.07, 6.45) is 0. The number of amides is 1. The van der Waals surface area contributed by atoms with Gasteiger partial charge in [-0.3, -0.25) is 4.79 Å². The Morgan fingerprint density at radius 3 is 2.32 bits per heavy atom. The normalized spacial score (nSPS) is 12.8. The van der Waals surface area contributed by atoms with Crippen LogP contribution in [0.4, 0.5) is 0 Å². The number of hydrogen-bond donors (Lipinski definition) is 1. The molecule has 0 aliphatic heterocycles. The van der Waals surface area contributed by atoms with Gasteiger partial charge in [-0.15, -0.1) is 0 Å². The van der Waals surface area contributed by atoms with Gasteiger partial charge in [-0.2, -0.15) is 4.31 Å². The highest BCUT2D eigenvalue weighted by Crippen LogP contribution is 2.22. The van der Waals surface area contributed by atoms with Gasteiger partial charge < -0.3 is 5.32 Å². The van der Waals surface area contributed by atoms with E-state index in [-0.39, 0.29) is 17.5 Å². The molecule has 0 bridgehead atoms. The zero-order chi connectivity index (χ0) is 18.6. The molecule has 1 N–H and O–H groups in total. The maximum atomic E-state index is 12.5. The van der Waals surface area contributed by atoms with E-state index in [4.69, 9.17) is 23.2 Å². The number of nitrogens with one attached hydrogen (secondary N) is 1. The average Bonchev–Trinajstić information content (AvgIpc) is 2.55. The van der Waals surface area contributed by atoms with Gasteiger partial charge in [-0.05, 0) is 42.8 Å². The Labute approximate surface area is 157 Å². The summed E-state index contributed by atoms with van der Waals surface area (Å²) in [5, 5.41) is 3.73. The first-order chi connectivity index (χ1) is 11.7. The van der Waals surface area contributed by atoms with Crippen LogP contribution in [0.2, 0.25) is 10.0 Å². The maximum absolute atomic E-state index is 12.5. The largest absolute Gasteiger partial charge is 0.348 e. The smallest absolute Gasteiger partial charge is 0.243 e. The van der Waals surface area contributed by atoms with E-state index >= 15 is 0 Å². The number of likely N-dealkylation sites (N-methyl/N-ethyl adjacent to an activating group) is 1. The van der Waals surface area contributed by atoms with Crippen molar-refractivity contribution in [1.82, 2.24) is 9.62 Å². The van der Waals surface area contributed by atoms with E-state index < -0.39 is 15.9 Å². The van der Waals surface area contributed by atoms with E-state index in [0.717, 1.165) is 9.87 Å². The zero-order valence-electron chi connectivity index (χ0n) is 13.7. The minimum absolute atomic E-state index is 0.0753. The van der Waals surface area contributed by atoms with Crippen LogP contribution in [0, 0.1) is 0 Å². The van der Waals surface area contributed by atoms with Crippen LogP contribution >= 0.6 is 23.2 Å². The number of sulfonamides is 1. The van der Waals surface area contributed by atoms with Gasteiger partial charge in [0.25, 0.3) is 0 Å². The highest BCUT2D eigenvalue weighted by molar-refractivity contribution is 7.89. The monoisotopic (exact) mass is 400 g/mol. The Balaban J connectivity index is 2.04. The first-order valence-electron chi connectivity index (χ1n) is 7.47. The van der Waals surface area contributed by atoms with E-state index in [2.05, 4.69) is 5.32 Å². The third-order valence-corrected chi connectivity index (χ3v) is 6.05. The third kappa shape index (κ3) is 4.95. The van der Waals surface area contributed by atoms with Crippen LogP contribution in [0.5, 0.6) is 0 Å². The molecule has 2 aromatic carbocycles. The molecule has 5 nitrogen and oxygen atoms in total. The van der Waals surface area contributed by atoms with Crippen molar-refractivity contribution in [3.63, 3.8) is 0 Å². The molecule has 2 aromatic rings. The van der Waals surface area contributed by atoms with Crippen LogP contribution in [0.1, 0.15) is 18.5 Å². The number of hydrogen-bond acceptors (Lipinski definition) is 3. The van der Waals surface area contributed by atoms with Crippen LogP contribution < -0.4 is 5.32 Å². The van der Waals surface area contributed by atoms with Gasteiger partial charge in [0, 0.05) is 17.1 Å². The molecule has 8 heteroatoms. The summed E-state index contributed by atoms with van der Waals surface area (Å²) in [5.41, 5.74) is 0.765. The lowest BCUT2D eigenvalue weighted by molar-refractivity contribution is -0.121. The highest BCUT2D eigenvalue weighted by Gasteiger charge is 2.23. The van der Waals surface area contributed by atoms with E-state index in [1.807, 2.05) is 6.07 Å². The third-order valence-electron chi connectivity index (χ3n) is 3.64. The maximum Gasteiger partial charge on any atom is 0.243 e. The molecule has 1 unspecified atom stereocenters. The van der Waals surface area contributed by atoms with Crippen LogP contribution in [0.25, 0.3) is 0 Å². The first-order valence-corrected chi connectivity index (χ1v) is 9.67. The topological polar surface area (TPSA) is 66.5 Å². The molecule has 1 atom stereocenters. The molecule has 0 aliphatic carbocycles. The summed E-state index contributed by atoms with van der Waals surface area (Å²) < 4.78 is 25.9. The van der Waals surface area contributed by atoms with Crippen molar-refractivity contribution in [3.8, 4) is 0 Å². The molecule has 0 fully saturated rings. The summed E-state index contributed by atoms with van der Waals surface area (Å²) >= 11 is 11.9. The highest BCUT2D eigenvalue weighted by atomic mass is 35.5. The summed E-state index contributed by atoms with van der Waals surface area (Å²) in [5.74, 6) is -0.424. The fourth-order valence-corrected chi connectivity index (χ4v) is 3.82. The number of rotatable bonds is 6. The summed E-state index contributed by atoms with van der Waals surface area (Å²) in [4.78, 5) is 12.3. The van der Waals surface area contributed by atoms with Crippen molar-refractivity contribution in [2.45, 2.75) is 17.9 Å². The van der Waals surface area contributed by atoms with Gasteiger partial charge in [-0.1, -0.05) is 41.4 Å². The Kier molecular flexibility index (Phi) is 6.46. The number of halogens is 2. The number of benzene rings is 2. The number of carbonyl (C=O) groups excluding carboxylic acids is 1. The van der Waals surface area contributed by atoms with Gasteiger partial charge in [0.1, 0.15) is 0 Å². The molecule has 2 rings (SSSR count). The first kappa shape index (κ1) is 19.7. The van der Waals surface area contributed by atoms with Crippen molar-refractivity contribution < 1.29 is 13.2 Å². The lowest BCUT2D eigenvalue weighted by Crippen LogP contribution is -2.39. The van der Waals surface area contributed by atoms with Gasteiger partial charge in [0.15, 0.2) is 0 Å². The number of nitrogens with zero attached hydrogens (tertiary/aromatic N) is 1. The molecule has 0 aromatic heterocycles. The lowest BCUT2D eigenvalue weighted by Gasteiger charge is -2.20. The molecule has 1 amide bonds. The van der Waals surface area contributed by atoms with Crippen molar-refractivity contribution in [2.75, 3.05) is 13.6 Å². The van der Waals surface area contributed by atoms with Crippen LogP contribution in [0.3, 0.4) is 0 Å². The van der Waals surface area contributed by atoms with Gasteiger partial charge in [0.05, 0.1) is 17.5 Å². The predicted octanol–water partition coefficient (Wildman–Crippen LogP) is 3.49. The van der Waals surface area contributed by atoms with Crippen LogP contribution in [-0.2, 0) is 14.8 Å². The van der Waals surface area contributed by atoms with Crippen LogP contribution in [-0.4, -0.2) is 32.2 Å². The Hall–Kier alpha value is -1.60. The Morgan fingerprint density at radius 1 is 1.12 bits per heavy atom. The minimum Gasteiger partial charge on any atom is -0.348 e. The average molecular weight is 401 g/mol. The fraction of sp³-hybridized carbons (Fsp3) is 0.235. The molecule has 134 valence electrons. The van der Waals surface area contributed by atoms with Crippen molar-refractivity contribution >= 4 is 39.1 Å². The molecule has 0 heterocycles. The van der Waals surface area contributed by atoms with E-state index in [0.29, 0.717) is 10.0 Å². The predicted molar refractivity (Wildman–Crippen MR) is 99.3 cm³/mol. The second-order valence-corrected chi connectivity index (χ2v) is 8.41. The van der Waals surface area contributed by atoms with Gasteiger partial charge >= 0.3 is 0 Å². The molecule has 25 heavy (non-hydrogen) atoms. The van der Waals surface area contributed by atoms with Gasteiger partial charge in [0.2, 0.25) is 15.9 Å². The summed E-state index contributed by atoms with van der Waals surface area (Å²) in [6.45, 7) is 1.48. The van der Waals surface area contributed by atoms with E-state index in [1.165, 1.54) is 31.3 Å². The molecular weight excluding hydrogens is 383 g/mol. The molecule has 0 saturated carbocycles. The zero-order valence-corrected chi connectivity index (χ0v) is 16.1. The van der Waals surface area contributed by atoms with Crippen molar-refractivity contribution in [2.24, 2.45) is 0 Å². The number of carbonyl (C=O) groups is 1. The van der Waals surface area contributed by atoms with Crippen LogP contribution in [0.15, 0.2) is 53.4 Å². The Bertz CT molecular complexity index is 854. The molecular formula is C17H18Cl2N2O3S. The SMILES string of the molecule is CC(NC(=O)CN(C)S(=O)(=O)c1ccc(Cl)cc1)c1ccccc1Cl. The minimum atomic E-state index is -3.77. The van der Waals surface area contributed by atoms with Crippen molar-refractivity contribution in [1.29, 1.82) is 0 Å². The van der Waals surface area contributed by atoms with Gasteiger partial charge in [-0.25, -0.2) is 8.42 Å². The fourth-order valence-electron chi connectivity index (χ4n) is 2.26. The molecule has 0 radical (unpaired) electrons. The molecule has 0 aliphatic rings. The second-order valence-electron chi connectivity index (χ2n) is 5.53. The summed E-state index contributed by atoms with van der Waals surface area (Å²) in [7, 11) is -2.42. The molecule has 0 saturated heterocycles. The summed E-state index contributed by atoms with van der Waals surface area (Å²) in [6, 6.07) is 12.6. The quantitative estimate of drug-likeness (QED) is 0.806. The lowest BCUT2D eigenvalue weighted by atomic mass is 10.1. The van der Waals surface area contributed by atoms with Crippen molar-refractivity contribution in [3.05, 3.63) is 64.1 Å². The second kappa shape index (κ2) is 8.19. The Morgan fingerprint density at radius 2 is 1.72 bits per heavy atom. The molecule has 0 spiro atoms. The standard InChI is InChI=1S/C17H18Cl2N2O3S/c1-12(15-5-3-4-6-16(15)19)20-17(22)11-21(2)25(23,24)14-9-7-13(18)8-10-14/h3-10,12H,11H2,1-2H3,(H,20,22).